The van der Waals surface area contributed by atoms with Gasteiger partial charge in [0, 0.05) is 25.6 Å². The number of carbonyl (C=O) groups excluding carboxylic acids is 2. The van der Waals surface area contributed by atoms with Crippen molar-refractivity contribution in [3.63, 3.8) is 0 Å². The summed E-state index contributed by atoms with van der Waals surface area (Å²) >= 11 is 0. The first kappa shape index (κ1) is 23.4. The van der Waals surface area contributed by atoms with E-state index < -0.39 is 0 Å². The molecule has 7 heteroatoms. The molecule has 0 bridgehead atoms. The Labute approximate surface area is 189 Å². The van der Waals surface area contributed by atoms with Gasteiger partial charge in [-0.15, -0.1) is 0 Å². The topological polar surface area (TPSA) is 77.1 Å². The summed E-state index contributed by atoms with van der Waals surface area (Å²) in [5.41, 5.74) is 1.09. The Kier molecular flexibility index (Phi) is 8.78. The van der Waals surface area contributed by atoms with Crippen LogP contribution >= 0.6 is 0 Å². The van der Waals surface area contributed by atoms with Gasteiger partial charge in [-0.1, -0.05) is 30.3 Å². The van der Waals surface area contributed by atoms with Crippen LogP contribution in [0.2, 0.25) is 0 Å². The van der Waals surface area contributed by atoms with Gasteiger partial charge in [0.25, 0.3) is 5.91 Å². The van der Waals surface area contributed by atoms with E-state index in [1.54, 1.807) is 24.1 Å². The number of likely N-dealkylation sites (tertiary alicyclic amines) is 1. The number of para-hydroxylation sites is 3. The number of carbonyl (C=O) groups is 2. The zero-order valence-corrected chi connectivity index (χ0v) is 18.8. The van der Waals surface area contributed by atoms with Gasteiger partial charge in [-0.3, -0.25) is 9.59 Å². The monoisotopic (exact) mass is 440 g/mol. The molecule has 0 atom stereocenters. The van der Waals surface area contributed by atoms with Gasteiger partial charge >= 0.3 is 0 Å². The lowest BCUT2D eigenvalue weighted by atomic mass is 10.0. The third-order valence-corrected chi connectivity index (χ3v) is 5.53. The Bertz CT molecular complexity index is 893. The summed E-state index contributed by atoms with van der Waals surface area (Å²) in [7, 11) is 1.57. The van der Waals surface area contributed by atoms with Crippen molar-refractivity contribution >= 4 is 11.8 Å². The van der Waals surface area contributed by atoms with Gasteiger partial charge in [-0.2, -0.15) is 0 Å². The van der Waals surface area contributed by atoms with Crippen molar-refractivity contribution in [2.24, 2.45) is 0 Å². The summed E-state index contributed by atoms with van der Waals surface area (Å²) in [6.07, 6.45) is 2.58. The number of ether oxygens (including phenoxy) is 3. The molecule has 0 saturated carbocycles. The zero-order chi connectivity index (χ0) is 22.8. The van der Waals surface area contributed by atoms with E-state index in [1.165, 1.54) is 0 Å². The van der Waals surface area contributed by atoms with E-state index in [0.29, 0.717) is 44.0 Å². The number of rotatable bonds is 10. The van der Waals surface area contributed by atoms with Crippen LogP contribution in [0.4, 0.5) is 0 Å². The number of nitrogens with zero attached hydrogens (tertiary/aromatic N) is 1. The molecule has 0 unspecified atom stereocenters. The van der Waals surface area contributed by atoms with E-state index in [-0.39, 0.29) is 24.5 Å². The molecule has 1 aliphatic rings. The Morgan fingerprint density at radius 2 is 1.62 bits per heavy atom. The largest absolute Gasteiger partial charge is 0.493 e. The first-order chi connectivity index (χ1) is 15.6. The van der Waals surface area contributed by atoms with Gasteiger partial charge in [0.15, 0.2) is 18.1 Å². The van der Waals surface area contributed by atoms with E-state index in [1.807, 2.05) is 43.3 Å². The number of amides is 2. The fourth-order valence-corrected chi connectivity index (χ4v) is 3.68. The van der Waals surface area contributed by atoms with Crippen molar-refractivity contribution < 1.29 is 23.8 Å². The third kappa shape index (κ3) is 6.90. The highest BCUT2D eigenvalue weighted by molar-refractivity contribution is 5.78. The summed E-state index contributed by atoms with van der Waals surface area (Å²) in [5, 5.41) is 3.08. The van der Waals surface area contributed by atoms with Crippen LogP contribution < -0.4 is 19.5 Å². The van der Waals surface area contributed by atoms with Crippen LogP contribution in [0.15, 0.2) is 48.5 Å². The lowest BCUT2D eigenvalue weighted by molar-refractivity contribution is -0.134. The molecule has 7 nitrogen and oxygen atoms in total. The van der Waals surface area contributed by atoms with Crippen molar-refractivity contribution in [1.29, 1.82) is 0 Å². The summed E-state index contributed by atoms with van der Waals surface area (Å²) in [4.78, 5) is 26.5. The number of aryl methyl sites for hydroxylation is 1. The summed E-state index contributed by atoms with van der Waals surface area (Å²) in [6, 6.07) is 15.2. The quantitative estimate of drug-likeness (QED) is 0.574. The number of hydrogen-bond donors (Lipinski definition) is 1. The number of piperidine rings is 1. The fraction of sp³-hybridized carbons (Fsp3) is 0.440. The van der Waals surface area contributed by atoms with Crippen molar-refractivity contribution in [1.82, 2.24) is 10.2 Å². The second-order valence-corrected chi connectivity index (χ2v) is 7.88. The number of benzene rings is 2. The summed E-state index contributed by atoms with van der Waals surface area (Å²) in [6.45, 7) is 3.70. The van der Waals surface area contributed by atoms with Gasteiger partial charge in [-0.05, 0) is 49.9 Å². The Morgan fingerprint density at radius 1 is 0.969 bits per heavy atom. The maximum Gasteiger partial charge on any atom is 0.260 e. The molecule has 1 heterocycles. The third-order valence-electron chi connectivity index (χ3n) is 5.53. The lowest BCUT2D eigenvalue weighted by Gasteiger charge is -2.32. The second-order valence-electron chi connectivity index (χ2n) is 7.88. The van der Waals surface area contributed by atoms with Crippen molar-refractivity contribution in [3.05, 3.63) is 54.1 Å². The Balaban J connectivity index is 1.31. The molecule has 0 spiro atoms. The van der Waals surface area contributed by atoms with Gasteiger partial charge in [0.05, 0.1) is 13.7 Å². The van der Waals surface area contributed by atoms with E-state index in [2.05, 4.69) is 5.32 Å². The number of hydrogen-bond acceptors (Lipinski definition) is 5. The van der Waals surface area contributed by atoms with Crippen LogP contribution in [0.1, 0.15) is 31.2 Å². The average Bonchev–Trinajstić information content (AvgIpc) is 2.82. The molecule has 1 fully saturated rings. The van der Waals surface area contributed by atoms with E-state index >= 15 is 0 Å². The number of methoxy groups -OCH3 is 1. The average molecular weight is 441 g/mol. The number of nitrogens with one attached hydrogen (secondary N) is 1. The van der Waals surface area contributed by atoms with Crippen LogP contribution in [0.25, 0.3) is 0 Å². The predicted molar refractivity (Wildman–Crippen MR) is 122 cm³/mol. The van der Waals surface area contributed by atoms with Crippen LogP contribution in [0.5, 0.6) is 17.2 Å². The fourth-order valence-electron chi connectivity index (χ4n) is 3.68. The minimum absolute atomic E-state index is 0.0295. The highest BCUT2D eigenvalue weighted by Gasteiger charge is 2.24. The zero-order valence-electron chi connectivity index (χ0n) is 18.8. The molecule has 1 saturated heterocycles. The van der Waals surface area contributed by atoms with E-state index in [4.69, 9.17) is 14.2 Å². The highest BCUT2D eigenvalue weighted by Crippen LogP contribution is 2.25. The van der Waals surface area contributed by atoms with Gasteiger partial charge in [0.2, 0.25) is 5.91 Å². The summed E-state index contributed by atoms with van der Waals surface area (Å²) in [5.74, 6) is 1.99. The van der Waals surface area contributed by atoms with Crippen LogP contribution in [-0.2, 0) is 9.59 Å². The maximum absolute atomic E-state index is 12.5. The smallest absolute Gasteiger partial charge is 0.260 e. The van der Waals surface area contributed by atoms with Crippen LogP contribution in [0, 0.1) is 6.92 Å². The minimum Gasteiger partial charge on any atom is -0.493 e. The van der Waals surface area contributed by atoms with Crippen molar-refractivity contribution in [2.45, 2.75) is 38.6 Å². The standard InChI is InChI=1S/C25H32N2O5/c1-19-8-3-4-9-21(19)31-17-7-12-24(28)26-20-13-15-27(16-14-20)25(29)18-32-23-11-6-5-10-22(23)30-2/h3-6,8-11,20H,7,12-18H2,1-2H3,(H,26,28). The molecular weight excluding hydrogens is 408 g/mol. The maximum atomic E-state index is 12.5. The molecule has 3 rings (SSSR count). The summed E-state index contributed by atoms with van der Waals surface area (Å²) < 4.78 is 16.6. The minimum atomic E-state index is -0.0611. The molecule has 0 aromatic heterocycles. The second kappa shape index (κ2) is 12.0. The molecule has 2 amide bonds. The SMILES string of the molecule is COc1ccccc1OCC(=O)N1CCC(NC(=O)CCCOc2ccccc2C)CC1. The molecule has 32 heavy (non-hydrogen) atoms. The molecule has 172 valence electrons. The highest BCUT2D eigenvalue weighted by atomic mass is 16.5. The molecule has 1 N–H and O–H groups in total. The van der Waals surface area contributed by atoms with Crippen LogP contribution in [-0.4, -0.2) is 56.2 Å². The van der Waals surface area contributed by atoms with Crippen molar-refractivity contribution in [3.8, 4) is 17.2 Å². The van der Waals surface area contributed by atoms with E-state index in [0.717, 1.165) is 24.2 Å². The van der Waals surface area contributed by atoms with Gasteiger partial charge < -0.3 is 24.4 Å². The molecule has 0 aliphatic carbocycles. The van der Waals surface area contributed by atoms with Gasteiger partial charge in [0.1, 0.15) is 5.75 Å². The molecule has 1 aliphatic heterocycles. The molecule has 0 radical (unpaired) electrons. The lowest BCUT2D eigenvalue weighted by Crippen LogP contribution is -2.47. The Morgan fingerprint density at radius 3 is 2.31 bits per heavy atom. The van der Waals surface area contributed by atoms with Crippen molar-refractivity contribution in [2.75, 3.05) is 33.4 Å². The molecule has 2 aromatic rings. The normalized spacial score (nSPS) is 14.0. The molecule has 2 aromatic carbocycles. The van der Waals surface area contributed by atoms with Gasteiger partial charge in [-0.25, -0.2) is 0 Å². The molecular formula is C25H32N2O5. The predicted octanol–water partition coefficient (Wildman–Crippen LogP) is 3.35. The first-order valence-corrected chi connectivity index (χ1v) is 11.1. The Hall–Kier alpha value is -3.22. The van der Waals surface area contributed by atoms with E-state index in [9.17, 15) is 9.59 Å². The first-order valence-electron chi connectivity index (χ1n) is 11.1. The van der Waals surface area contributed by atoms with Crippen LogP contribution in [0.3, 0.4) is 0 Å².